The summed E-state index contributed by atoms with van der Waals surface area (Å²) in [5.74, 6) is 4.94. The third kappa shape index (κ3) is 4.84. The maximum absolute atomic E-state index is 7.10. The number of hydrogen-bond acceptors (Lipinski definition) is 14. The first-order valence-corrected chi connectivity index (χ1v) is 20.1. The number of pyridine rings is 2. The van der Waals surface area contributed by atoms with E-state index >= 15 is 0 Å². The summed E-state index contributed by atoms with van der Waals surface area (Å²) in [6.45, 7) is 2.31. The van der Waals surface area contributed by atoms with Crippen LogP contribution in [0.2, 0.25) is 0 Å². The summed E-state index contributed by atoms with van der Waals surface area (Å²) < 4.78 is 28.2. The molecule has 0 saturated carbocycles. The fraction of sp³-hybridized carbons (Fsp3) is 0.182. The predicted octanol–water partition coefficient (Wildman–Crippen LogP) is 2.65. The molecule has 0 radical (unpaired) electrons. The largest absolute Gasteiger partial charge is 0.454 e. The van der Waals surface area contributed by atoms with Gasteiger partial charge in [0.15, 0.2) is 23.0 Å². The van der Waals surface area contributed by atoms with Gasteiger partial charge in [0, 0.05) is 100 Å². The van der Waals surface area contributed by atoms with Crippen molar-refractivity contribution in [1.29, 1.82) is 0 Å². The lowest BCUT2D eigenvalue weighted by atomic mass is 9.32. The molecule has 10 heterocycles. The molecule has 8 aliphatic rings. The van der Waals surface area contributed by atoms with Gasteiger partial charge >= 0.3 is 0 Å². The monoisotopic (exact) mass is 792 g/mol. The SMILES string of the molecule is CN1C=CN(c2ccc3c(c2)B2c4cc(N5C=CN(C)C5)cnc4Oc4c5c6c(c(c42)O3)Oc2ncc(N3C=CN(C)C3)cc2B6c2cc(N3C=CN(C)C3)ccc2O5)C1. The Morgan fingerprint density at radius 2 is 0.767 bits per heavy atom. The van der Waals surface area contributed by atoms with E-state index in [1.807, 2.05) is 12.4 Å². The second-order valence-corrected chi connectivity index (χ2v) is 16.7. The maximum atomic E-state index is 7.10. The Hall–Kier alpha value is -7.35. The Bertz CT molecular complexity index is 2480. The van der Waals surface area contributed by atoms with Crippen molar-refractivity contribution < 1.29 is 18.9 Å². The first-order chi connectivity index (χ1) is 29.3. The van der Waals surface area contributed by atoms with Crippen LogP contribution in [0.25, 0.3) is 0 Å². The van der Waals surface area contributed by atoms with E-state index < -0.39 is 0 Å². The van der Waals surface area contributed by atoms with Crippen LogP contribution in [0.15, 0.2) is 111 Å². The van der Waals surface area contributed by atoms with Gasteiger partial charge in [0.05, 0.1) is 50.4 Å². The van der Waals surface area contributed by atoms with Crippen molar-refractivity contribution in [1.82, 2.24) is 29.6 Å². The number of ether oxygens (including phenoxy) is 4. The van der Waals surface area contributed by atoms with Crippen molar-refractivity contribution in [3.05, 3.63) is 111 Å². The van der Waals surface area contributed by atoms with Gasteiger partial charge in [-0.15, -0.1) is 0 Å². The van der Waals surface area contributed by atoms with Crippen LogP contribution < -0.4 is 71.3 Å². The second-order valence-electron chi connectivity index (χ2n) is 16.7. The molecule has 0 spiro atoms. The lowest BCUT2D eigenvalue weighted by Crippen LogP contribution is -2.62. The normalized spacial score (nSPS) is 18.0. The van der Waals surface area contributed by atoms with Crippen molar-refractivity contribution in [3.8, 4) is 46.3 Å². The van der Waals surface area contributed by atoms with Gasteiger partial charge in [0.25, 0.3) is 13.4 Å². The van der Waals surface area contributed by atoms with Crippen LogP contribution in [0.5, 0.6) is 46.3 Å². The van der Waals surface area contributed by atoms with E-state index in [0.717, 1.165) is 93.7 Å². The Kier molecular flexibility index (Phi) is 6.78. The number of benzene rings is 3. The van der Waals surface area contributed by atoms with E-state index in [2.05, 4.69) is 166 Å². The number of rotatable bonds is 4. The maximum Gasteiger partial charge on any atom is 0.263 e. The molecule has 0 aliphatic carbocycles. The van der Waals surface area contributed by atoms with Crippen molar-refractivity contribution in [2.24, 2.45) is 0 Å². The van der Waals surface area contributed by atoms with Crippen LogP contribution in [0.1, 0.15) is 0 Å². The molecule has 0 bridgehead atoms. The number of hydrogen-bond donors (Lipinski definition) is 0. The Morgan fingerprint density at radius 3 is 1.13 bits per heavy atom. The van der Waals surface area contributed by atoms with E-state index in [9.17, 15) is 0 Å². The predicted molar refractivity (Wildman–Crippen MR) is 234 cm³/mol. The van der Waals surface area contributed by atoms with Crippen molar-refractivity contribution in [2.45, 2.75) is 0 Å². The summed E-state index contributed by atoms with van der Waals surface area (Å²) in [5, 5.41) is 0. The zero-order valence-electron chi connectivity index (χ0n) is 33.5. The van der Waals surface area contributed by atoms with Gasteiger partial charge in [-0.25, -0.2) is 9.97 Å². The molecule has 2 aromatic heterocycles. The minimum absolute atomic E-state index is 0.311. The van der Waals surface area contributed by atoms with Gasteiger partial charge in [0.2, 0.25) is 11.8 Å². The fourth-order valence-electron chi connectivity index (χ4n) is 9.66. The van der Waals surface area contributed by atoms with E-state index in [1.165, 1.54) is 0 Å². The molecule has 5 aromatic rings. The summed E-state index contributed by atoms with van der Waals surface area (Å²) in [5.41, 5.74) is 9.66. The standard InChI is InChI=1S/C44H38B2N10O4/c1-49-9-13-53(23-49)27-5-7-35-31(17-27)45-33-19-29(55-15-11-51(3)25-55)21-47-43(33)59-41-37(45)39(57-35)42-38-40(41)58-36-8-6-28(54-14-10-50(2)24-54)18-32(36)46(38)34-20-30(22-48-44(34)60-42)56-16-12-52(4)26-56/h5-22H,23-26H2,1-4H3. The van der Waals surface area contributed by atoms with Gasteiger partial charge in [-0.05, 0) is 70.4 Å². The molecule has 3 aromatic carbocycles. The zero-order chi connectivity index (χ0) is 40.0. The van der Waals surface area contributed by atoms with Crippen LogP contribution >= 0.6 is 0 Å². The fourth-order valence-corrected chi connectivity index (χ4v) is 9.66. The summed E-state index contributed by atoms with van der Waals surface area (Å²) >= 11 is 0. The quantitative estimate of drug-likeness (QED) is 0.245. The molecule has 14 nitrogen and oxygen atoms in total. The Balaban J connectivity index is 1.03. The third-order valence-electron chi connectivity index (χ3n) is 12.6. The van der Waals surface area contributed by atoms with Gasteiger partial charge in [-0.1, -0.05) is 0 Å². The minimum Gasteiger partial charge on any atom is -0.454 e. The number of aromatic nitrogens is 2. The average molecular weight is 792 g/mol. The van der Waals surface area contributed by atoms with E-state index in [4.69, 9.17) is 28.9 Å². The van der Waals surface area contributed by atoms with Gasteiger partial charge < -0.3 is 58.1 Å². The lowest BCUT2D eigenvalue weighted by Gasteiger charge is -2.40. The van der Waals surface area contributed by atoms with Crippen LogP contribution in [0.3, 0.4) is 0 Å². The first-order valence-electron chi connectivity index (χ1n) is 20.1. The summed E-state index contributed by atoms with van der Waals surface area (Å²) in [6.07, 6.45) is 20.5. The van der Waals surface area contributed by atoms with Gasteiger partial charge in [-0.2, -0.15) is 0 Å². The van der Waals surface area contributed by atoms with Gasteiger partial charge in [-0.3, -0.25) is 0 Å². The van der Waals surface area contributed by atoms with Crippen molar-refractivity contribution >= 4 is 69.0 Å². The molecule has 8 aliphatic heterocycles. The Labute approximate surface area is 347 Å². The van der Waals surface area contributed by atoms with Gasteiger partial charge in [0.1, 0.15) is 11.5 Å². The number of anilines is 4. The lowest BCUT2D eigenvalue weighted by molar-refractivity contribution is 0.388. The average Bonchev–Trinajstić information content (AvgIpc) is 4.10. The van der Waals surface area contributed by atoms with Crippen LogP contribution in [0.4, 0.5) is 22.7 Å². The minimum atomic E-state index is -0.311. The molecule has 294 valence electrons. The molecule has 13 rings (SSSR count). The van der Waals surface area contributed by atoms with E-state index in [1.54, 1.807) is 0 Å². The number of fused-ring (bicyclic) bond motifs is 10. The summed E-state index contributed by atoms with van der Waals surface area (Å²) in [6, 6.07) is 17.3. The smallest absolute Gasteiger partial charge is 0.263 e. The third-order valence-corrected chi connectivity index (χ3v) is 12.6. The molecular formula is C44H38B2N10O4. The highest BCUT2D eigenvalue weighted by Gasteiger charge is 2.51. The van der Waals surface area contributed by atoms with Crippen LogP contribution in [0, 0.1) is 0 Å². The second kappa shape index (κ2) is 12.1. The molecule has 0 fully saturated rings. The molecule has 60 heavy (non-hydrogen) atoms. The van der Waals surface area contributed by atoms with Crippen LogP contribution in [-0.4, -0.2) is 97.9 Å². The van der Waals surface area contributed by atoms with Crippen LogP contribution in [-0.2, 0) is 0 Å². The Morgan fingerprint density at radius 1 is 0.417 bits per heavy atom. The molecule has 0 amide bonds. The molecule has 0 saturated heterocycles. The number of nitrogens with zero attached hydrogens (tertiary/aromatic N) is 10. The van der Waals surface area contributed by atoms with E-state index in [0.29, 0.717) is 34.8 Å². The summed E-state index contributed by atoms with van der Waals surface area (Å²) in [4.78, 5) is 27.5. The van der Waals surface area contributed by atoms with Crippen molar-refractivity contribution in [3.63, 3.8) is 0 Å². The molecule has 0 N–H and O–H groups in total. The first kappa shape index (κ1) is 33.6. The van der Waals surface area contributed by atoms with E-state index in [-0.39, 0.29) is 13.4 Å². The zero-order valence-corrected chi connectivity index (χ0v) is 33.5. The van der Waals surface area contributed by atoms with Crippen molar-refractivity contribution in [2.75, 3.05) is 74.5 Å². The molecule has 0 unspecified atom stereocenters. The molecule has 0 atom stereocenters. The topological polar surface area (TPSA) is 88.6 Å². The highest BCUT2D eigenvalue weighted by molar-refractivity contribution is 7.00. The summed E-state index contributed by atoms with van der Waals surface area (Å²) in [7, 11) is 8.28. The molecular weight excluding hydrogens is 754 g/mol. The molecule has 16 heteroatoms. The highest BCUT2D eigenvalue weighted by Crippen LogP contribution is 2.49. The highest BCUT2D eigenvalue weighted by atomic mass is 16.5.